The number of carbonyl (C=O) groups excluding carboxylic acids is 3. The minimum absolute atomic E-state index is 0.0349. The highest BCUT2D eigenvalue weighted by molar-refractivity contribution is 6.25. The SMILES string of the molecule is CN(C)[C@H]1C(=O)C(C(N)=O)=C(O)[C@]2(O)C(=O)C3=C(O)c4c(O)cccc4/C(=C\c4ccc5c(c4)OCO5)[C@@H]3[C@@H](O)[C@H]12. The molecule has 0 saturated heterocycles. The van der Waals surface area contributed by atoms with Crippen LogP contribution >= 0.6 is 0 Å². The predicted molar refractivity (Wildman–Crippen MR) is 142 cm³/mol. The van der Waals surface area contributed by atoms with Crippen LogP contribution in [-0.4, -0.2) is 86.5 Å². The second-order valence-electron chi connectivity index (χ2n) is 10.6. The molecule has 2 aromatic rings. The Bertz CT molecular complexity index is 1650. The molecule has 12 nitrogen and oxygen atoms in total. The van der Waals surface area contributed by atoms with E-state index < -0.39 is 69.7 Å². The van der Waals surface area contributed by atoms with Gasteiger partial charge in [0.25, 0.3) is 5.91 Å². The van der Waals surface area contributed by atoms with Gasteiger partial charge < -0.3 is 40.7 Å². The maximum atomic E-state index is 14.2. The number of phenols is 1. The molecule has 0 radical (unpaired) electrons. The Morgan fingerprint density at radius 3 is 2.49 bits per heavy atom. The standard InChI is InChI=1S/C29H26N2O10/c1-31(2)22-21-24(34)18-13(8-11-6-7-15-16(9-11)41-10-40-15)12-4-3-5-14(32)17(12)23(33)19(18)26(36)29(21,39)27(37)20(25(22)35)28(30)38/h3-9,18,21-22,24,32-34,37,39H,10H2,1-2H3,(H2,30,38)/b13-8+/t18-,21-,22+,24+,29+/m0/s1. The number of aromatic hydroxyl groups is 1. The molecule has 5 atom stereocenters. The molecule has 1 saturated carbocycles. The number of ether oxygens (including phenoxy) is 2. The zero-order chi connectivity index (χ0) is 29.5. The van der Waals surface area contributed by atoms with Crippen molar-refractivity contribution in [2.75, 3.05) is 20.9 Å². The lowest BCUT2D eigenvalue weighted by molar-refractivity contribution is -0.166. The van der Waals surface area contributed by atoms with Gasteiger partial charge in [0.05, 0.1) is 29.2 Å². The maximum Gasteiger partial charge on any atom is 0.255 e. The minimum atomic E-state index is -3.00. The third-order valence-electron chi connectivity index (χ3n) is 8.25. The number of hydrogen-bond donors (Lipinski definition) is 6. The Balaban J connectivity index is 1.65. The van der Waals surface area contributed by atoms with Gasteiger partial charge in [-0.2, -0.15) is 0 Å². The number of nitrogens with two attached hydrogens (primary N) is 1. The van der Waals surface area contributed by atoms with E-state index in [4.69, 9.17) is 15.2 Å². The van der Waals surface area contributed by atoms with E-state index in [1.165, 1.54) is 31.1 Å². The molecule has 1 fully saturated rings. The van der Waals surface area contributed by atoms with E-state index in [1.54, 1.807) is 30.3 Å². The first-order chi connectivity index (χ1) is 19.4. The fraction of sp³-hybridized carbons (Fsp3) is 0.276. The molecule has 1 heterocycles. The first-order valence-corrected chi connectivity index (χ1v) is 12.7. The molecular formula is C29H26N2O10. The van der Waals surface area contributed by atoms with E-state index in [2.05, 4.69) is 0 Å². The lowest BCUT2D eigenvalue weighted by Gasteiger charge is -2.53. The number of Topliss-reactive ketones (excluding diaryl/α,β-unsaturated/α-hetero) is 2. The van der Waals surface area contributed by atoms with Gasteiger partial charge in [-0.25, -0.2) is 0 Å². The highest BCUT2D eigenvalue weighted by Crippen LogP contribution is 2.56. The second-order valence-corrected chi connectivity index (χ2v) is 10.6. The molecule has 1 amide bonds. The normalized spacial score (nSPS) is 29.5. The number of fused-ring (bicyclic) bond motifs is 4. The Kier molecular flexibility index (Phi) is 5.79. The third-order valence-corrected chi connectivity index (χ3v) is 8.25. The average Bonchev–Trinajstić information content (AvgIpc) is 3.38. The highest BCUT2D eigenvalue weighted by atomic mass is 16.7. The largest absolute Gasteiger partial charge is 0.508 e. The predicted octanol–water partition coefficient (Wildman–Crippen LogP) is 0.662. The molecular weight excluding hydrogens is 536 g/mol. The Labute approximate surface area is 232 Å². The van der Waals surface area contributed by atoms with E-state index in [0.29, 0.717) is 17.1 Å². The van der Waals surface area contributed by atoms with Gasteiger partial charge in [0.2, 0.25) is 12.6 Å². The minimum Gasteiger partial charge on any atom is -0.508 e. The number of phenolic OH excluding ortho intramolecular Hbond substituents is 1. The fourth-order valence-corrected chi connectivity index (χ4v) is 6.49. The first-order valence-electron chi connectivity index (χ1n) is 12.7. The van der Waals surface area contributed by atoms with Gasteiger partial charge in [0, 0.05) is 5.92 Å². The Hall–Kier alpha value is -4.65. The number of likely N-dealkylation sites (N-methyl/N-ethyl adjacent to an activating group) is 1. The van der Waals surface area contributed by atoms with Gasteiger partial charge >= 0.3 is 0 Å². The third kappa shape index (κ3) is 3.48. The number of hydrogen-bond acceptors (Lipinski definition) is 11. The van der Waals surface area contributed by atoms with E-state index in [-0.39, 0.29) is 29.2 Å². The van der Waals surface area contributed by atoms with E-state index >= 15 is 0 Å². The molecule has 0 aromatic heterocycles. The summed E-state index contributed by atoms with van der Waals surface area (Å²) in [6.07, 6.45) is -0.142. The molecule has 0 bridgehead atoms. The number of ketones is 2. The van der Waals surface area contributed by atoms with Crippen LogP contribution in [0.15, 0.2) is 53.3 Å². The zero-order valence-corrected chi connectivity index (χ0v) is 21.9. The van der Waals surface area contributed by atoms with Crippen molar-refractivity contribution in [1.82, 2.24) is 4.90 Å². The summed E-state index contributed by atoms with van der Waals surface area (Å²) in [7, 11) is 2.89. The summed E-state index contributed by atoms with van der Waals surface area (Å²) in [5.41, 5.74) is 1.85. The molecule has 212 valence electrons. The van der Waals surface area contributed by atoms with Gasteiger partial charge in [-0.3, -0.25) is 19.3 Å². The smallest absolute Gasteiger partial charge is 0.255 e. The van der Waals surface area contributed by atoms with Crippen molar-refractivity contribution in [2.24, 2.45) is 17.6 Å². The van der Waals surface area contributed by atoms with Crippen molar-refractivity contribution < 1.29 is 49.4 Å². The van der Waals surface area contributed by atoms with Crippen molar-refractivity contribution in [2.45, 2.75) is 17.7 Å². The zero-order valence-electron chi connectivity index (χ0n) is 21.9. The lowest BCUT2D eigenvalue weighted by atomic mass is 9.55. The number of amides is 1. The molecule has 6 rings (SSSR count). The molecule has 0 unspecified atom stereocenters. The van der Waals surface area contributed by atoms with Gasteiger partial charge in [0.1, 0.15) is 22.8 Å². The molecule has 12 heteroatoms. The molecule has 1 aliphatic heterocycles. The Morgan fingerprint density at radius 2 is 1.80 bits per heavy atom. The highest BCUT2D eigenvalue weighted by Gasteiger charge is 2.68. The summed E-state index contributed by atoms with van der Waals surface area (Å²) in [6.45, 7) is 0.0349. The first kappa shape index (κ1) is 26.6. The van der Waals surface area contributed by atoms with Crippen LogP contribution in [0.2, 0.25) is 0 Å². The van der Waals surface area contributed by atoms with Crippen molar-refractivity contribution in [3.8, 4) is 17.2 Å². The van der Waals surface area contributed by atoms with Gasteiger partial charge in [-0.15, -0.1) is 0 Å². The van der Waals surface area contributed by atoms with Gasteiger partial charge in [-0.05, 0) is 49.0 Å². The fourth-order valence-electron chi connectivity index (χ4n) is 6.49. The van der Waals surface area contributed by atoms with Crippen LogP contribution in [0.1, 0.15) is 16.7 Å². The van der Waals surface area contributed by atoms with Crippen LogP contribution in [0.4, 0.5) is 0 Å². The van der Waals surface area contributed by atoms with Crippen LogP contribution in [0.25, 0.3) is 17.4 Å². The molecule has 0 spiro atoms. The monoisotopic (exact) mass is 562 g/mol. The lowest BCUT2D eigenvalue weighted by Crippen LogP contribution is -2.70. The molecule has 7 N–H and O–H groups in total. The number of nitrogens with zero attached hydrogens (tertiary/aromatic N) is 1. The van der Waals surface area contributed by atoms with Crippen LogP contribution in [0.3, 0.4) is 0 Å². The molecule has 41 heavy (non-hydrogen) atoms. The van der Waals surface area contributed by atoms with E-state index in [0.717, 1.165) is 0 Å². The summed E-state index contributed by atoms with van der Waals surface area (Å²) in [6, 6.07) is 7.98. The average molecular weight is 563 g/mol. The molecule has 3 aliphatic carbocycles. The van der Waals surface area contributed by atoms with Crippen molar-refractivity contribution in [1.29, 1.82) is 0 Å². The number of primary amides is 1. The molecule has 4 aliphatic rings. The Morgan fingerprint density at radius 1 is 1.10 bits per heavy atom. The summed E-state index contributed by atoms with van der Waals surface area (Å²) in [5.74, 6) is -8.05. The number of aliphatic hydroxyl groups excluding tert-OH is 3. The maximum absolute atomic E-state index is 14.2. The summed E-state index contributed by atoms with van der Waals surface area (Å²) < 4.78 is 10.8. The van der Waals surface area contributed by atoms with Crippen LogP contribution in [0.5, 0.6) is 17.2 Å². The number of carbonyl (C=O) groups is 3. The van der Waals surface area contributed by atoms with E-state index in [9.17, 15) is 39.9 Å². The van der Waals surface area contributed by atoms with Crippen molar-refractivity contribution in [3.05, 3.63) is 70.0 Å². The summed E-state index contributed by atoms with van der Waals surface area (Å²) in [5, 5.41) is 56.9. The van der Waals surface area contributed by atoms with Crippen LogP contribution in [-0.2, 0) is 14.4 Å². The molecule has 2 aromatic carbocycles. The summed E-state index contributed by atoms with van der Waals surface area (Å²) >= 11 is 0. The quantitative estimate of drug-likeness (QED) is 0.287. The van der Waals surface area contributed by atoms with Crippen molar-refractivity contribution >= 4 is 34.9 Å². The van der Waals surface area contributed by atoms with Crippen molar-refractivity contribution in [3.63, 3.8) is 0 Å². The van der Waals surface area contributed by atoms with E-state index in [1.807, 2.05) is 0 Å². The number of aliphatic hydroxyl groups is 4. The summed E-state index contributed by atoms with van der Waals surface area (Å²) in [4.78, 5) is 41.1. The van der Waals surface area contributed by atoms with Gasteiger partial charge in [0.15, 0.2) is 22.9 Å². The van der Waals surface area contributed by atoms with Crippen LogP contribution in [0, 0.1) is 11.8 Å². The second kappa shape index (κ2) is 8.93. The van der Waals surface area contributed by atoms with Crippen LogP contribution < -0.4 is 15.2 Å². The topological polar surface area (TPSA) is 200 Å². The number of rotatable bonds is 3. The van der Waals surface area contributed by atoms with Gasteiger partial charge in [-0.1, -0.05) is 24.3 Å². The number of benzene rings is 2.